The van der Waals surface area contributed by atoms with E-state index in [0.29, 0.717) is 0 Å². The van der Waals surface area contributed by atoms with Crippen molar-refractivity contribution in [3.63, 3.8) is 0 Å². The SMILES string of the molecule is O/C=C/Cc1ccc(-c2ccon2)cc1. The second kappa shape index (κ2) is 4.46. The maximum atomic E-state index is 8.53. The summed E-state index contributed by atoms with van der Waals surface area (Å²) >= 11 is 0. The third-order valence-corrected chi connectivity index (χ3v) is 2.15. The largest absolute Gasteiger partial charge is 0.516 e. The fourth-order valence-electron chi connectivity index (χ4n) is 1.36. The van der Waals surface area contributed by atoms with Gasteiger partial charge >= 0.3 is 0 Å². The van der Waals surface area contributed by atoms with Gasteiger partial charge in [0.25, 0.3) is 0 Å². The number of hydrogen-bond acceptors (Lipinski definition) is 3. The molecule has 3 nitrogen and oxygen atoms in total. The smallest absolute Gasteiger partial charge is 0.124 e. The van der Waals surface area contributed by atoms with Crippen LogP contribution in [0.1, 0.15) is 5.56 Å². The maximum Gasteiger partial charge on any atom is 0.124 e. The Morgan fingerprint density at radius 1 is 1.20 bits per heavy atom. The molecule has 0 bridgehead atoms. The first-order valence-electron chi connectivity index (χ1n) is 4.69. The second-order valence-electron chi connectivity index (χ2n) is 3.17. The molecule has 0 atom stereocenters. The van der Waals surface area contributed by atoms with Gasteiger partial charge in [0.2, 0.25) is 0 Å². The van der Waals surface area contributed by atoms with E-state index in [1.54, 1.807) is 12.3 Å². The minimum absolute atomic E-state index is 0.732. The van der Waals surface area contributed by atoms with Gasteiger partial charge in [-0.05, 0) is 18.1 Å². The Balaban J connectivity index is 2.17. The Morgan fingerprint density at radius 2 is 2.00 bits per heavy atom. The molecule has 0 spiro atoms. The molecule has 76 valence electrons. The molecule has 0 unspecified atom stereocenters. The monoisotopic (exact) mass is 201 g/mol. The van der Waals surface area contributed by atoms with Crippen LogP contribution < -0.4 is 0 Å². The van der Waals surface area contributed by atoms with E-state index in [9.17, 15) is 0 Å². The molecule has 0 amide bonds. The molecular formula is C12H11NO2. The van der Waals surface area contributed by atoms with Crippen molar-refractivity contribution in [3.8, 4) is 11.3 Å². The van der Waals surface area contributed by atoms with Crippen molar-refractivity contribution >= 4 is 0 Å². The molecule has 2 aromatic rings. The molecule has 0 radical (unpaired) electrons. The van der Waals surface area contributed by atoms with E-state index in [1.807, 2.05) is 30.3 Å². The highest BCUT2D eigenvalue weighted by molar-refractivity contribution is 5.58. The van der Waals surface area contributed by atoms with E-state index in [1.165, 1.54) is 0 Å². The number of aliphatic hydroxyl groups is 1. The lowest BCUT2D eigenvalue weighted by atomic mass is 10.1. The lowest BCUT2D eigenvalue weighted by Gasteiger charge is -1.98. The van der Waals surface area contributed by atoms with Crippen molar-refractivity contribution in [1.82, 2.24) is 5.16 Å². The zero-order valence-electron chi connectivity index (χ0n) is 8.13. The van der Waals surface area contributed by atoms with Crippen LogP contribution in [0.3, 0.4) is 0 Å². The Bertz CT molecular complexity index is 429. The highest BCUT2D eigenvalue weighted by Gasteiger charge is 1.99. The lowest BCUT2D eigenvalue weighted by molar-refractivity contribution is 0.422. The van der Waals surface area contributed by atoms with Crippen LogP contribution in [0.2, 0.25) is 0 Å². The van der Waals surface area contributed by atoms with Crippen molar-refractivity contribution < 1.29 is 9.63 Å². The summed E-state index contributed by atoms with van der Waals surface area (Å²) in [5.74, 6) is 0. The number of aromatic nitrogens is 1. The van der Waals surface area contributed by atoms with Gasteiger partial charge in [0, 0.05) is 11.6 Å². The first kappa shape index (κ1) is 9.52. The van der Waals surface area contributed by atoms with Crippen molar-refractivity contribution in [3.05, 3.63) is 54.5 Å². The van der Waals surface area contributed by atoms with Gasteiger partial charge in [-0.1, -0.05) is 29.4 Å². The topological polar surface area (TPSA) is 46.3 Å². The van der Waals surface area contributed by atoms with Gasteiger partial charge in [-0.15, -0.1) is 0 Å². The normalized spacial score (nSPS) is 10.9. The molecule has 3 heteroatoms. The summed E-state index contributed by atoms with van der Waals surface area (Å²) < 4.78 is 4.77. The molecule has 1 aromatic heterocycles. The third-order valence-electron chi connectivity index (χ3n) is 2.15. The first-order valence-corrected chi connectivity index (χ1v) is 4.69. The lowest BCUT2D eigenvalue weighted by Crippen LogP contribution is -1.82. The molecule has 1 aromatic carbocycles. The summed E-state index contributed by atoms with van der Waals surface area (Å²) in [6.45, 7) is 0. The van der Waals surface area contributed by atoms with Gasteiger partial charge in [0.1, 0.15) is 12.0 Å². The van der Waals surface area contributed by atoms with Gasteiger partial charge in [0.05, 0.1) is 6.26 Å². The van der Waals surface area contributed by atoms with Crippen LogP contribution in [0.5, 0.6) is 0 Å². The van der Waals surface area contributed by atoms with Crippen LogP contribution in [0.4, 0.5) is 0 Å². The molecule has 0 aliphatic carbocycles. The molecule has 0 fully saturated rings. The Morgan fingerprint density at radius 3 is 2.60 bits per heavy atom. The van der Waals surface area contributed by atoms with E-state index in [2.05, 4.69) is 5.16 Å². The molecule has 1 N–H and O–H groups in total. The molecule has 0 saturated heterocycles. The van der Waals surface area contributed by atoms with Gasteiger partial charge in [0.15, 0.2) is 0 Å². The molecule has 0 saturated carbocycles. The summed E-state index contributed by atoms with van der Waals surface area (Å²) in [7, 11) is 0. The third kappa shape index (κ3) is 2.26. The van der Waals surface area contributed by atoms with Crippen LogP contribution in [-0.2, 0) is 6.42 Å². The maximum absolute atomic E-state index is 8.53. The fraction of sp³-hybridized carbons (Fsp3) is 0.0833. The highest BCUT2D eigenvalue weighted by atomic mass is 16.5. The Hall–Kier alpha value is -2.03. The zero-order chi connectivity index (χ0) is 10.5. The van der Waals surface area contributed by atoms with E-state index < -0.39 is 0 Å². The van der Waals surface area contributed by atoms with Crippen LogP contribution in [0, 0.1) is 0 Å². The van der Waals surface area contributed by atoms with Crippen molar-refractivity contribution in [2.24, 2.45) is 0 Å². The predicted octanol–water partition coefficient (Wildman–Crippen LogP) is 2.96. The van der Waals surface area contributed by atoms with Crippen LogP contribution >= 0.6 is 0 Å². The second-order valence-corrected chi connectivity index (χ2v) is 3.17. The van der Waals surface area contributed by atoms with Gasteiger partial charge < -0.3 is 9.63 Å². The molecule has 2 rings (SSSR count). The molecule has 0 aliphatic rings. The highest BCUT2D eigenvalue weighted by Crippen LogP contribution is 2.17. The Labute approximate surface area is 87.7 Å². The number of hydrogen-bond donors (Lipinski definition) is 1. The standard InChI is InChI=1S/C12H11NO2/c14-8-1-2-10-3-5-11(6-4-10)12-7-9-15-13-12/h1,3-9,14H,2H2/b8-1+. The molecule has 0 aliphatic heterocycles. The fourth-order valence-corrected chi connectivity index (χ4v) is 1.36. The predicted molar refractivity (Wildman–Crippen MR) is 57.4 cm³/mol. The van der Waals surface area contributed by atoms with Gasteiger partial charge in [-0.2, -0.15) is 0 Å². The van der Waals surface area contributed by atoms with Crippen LogP contribution in [-0.4, -0.2) is 10.3 Å². The van der Waals surface area contributed by atoms with E-state index >= 15 is 0 Å². The Kier molecular flexibility index (Phi) is 2.83. The molecule has 15 heavy (non-hydrogen) atoms. The number of aliphatic hydroxyl groups excluding tert-OH is 1. The van der Waals surface area contributed by atoms with E-state index in [0.717, 1.165) is 29.5 Å². The van der Waals surface area contributed by atoms with Gasteiger partial charge in [-0.25, -0.2) is 0 Å². The number of rotatable bonds is 3. The zero-order valence-corrected chi connectivity index (χ0v) is 8.13. The molecular weight excluding hydrogens is 190 g/mol. The van der Waals surface area contributed by atoms with Crippen molar-refractivity contribution in [1.29, 1.82) is 0 Å². The first-order chi connectivity index (χ1) is 7.40. The average Bonchev–Trinajstić information content (AvgIpc) is 2.80. The number of allylic oxidation sites excluding steroid dienone is 1. The van der Waals surface area contributed by atoms with Crippen molar-refractivity contribution in [2.45, 2.75) is 6.42 Å². The summed E-state index contributed by atoms with van der Waals surface area (Å²) in [6.07, 6.45) is 5.05. The summed E-state index contributed by atoms with van der Waals surface area (Å²) in [5, 5.41) is 12.4. The summed E-state index contributed by atoms with van der Waals surface area (Å²) in [6, 6.07) is 9.80. The minimum Gasteiger partial charge on any atom is -0.516 e. The van der Waals surface area contributed by atoms with Crippen LogP contribution in [0.25, 0.3) is 11.3 Å². The molecule has 1 heterocycles. The minimum atomic E-state index is 0.732. The number of nitrogens with zero attached hydrogens (tertiary/aromatic N) is 1. The van der Waals surface area contributed by atoms with Crippen molar-refractivity contribution in [2.75, 3.05) is 0 Å². The van der Waals surface area contributed by atoms with E-state index in [4.69, 9.17) is 9.63 Å². The summed E-state index contributed by atoms with van der Waals surface area (Å²) in [4.78, 5) is 0. The van der Waals surface area contributed by atoms with Crippen LogP contribution in [0.15, 0.2) is 53.5 Å². The number of benzene rings is 1. The van der Waals surface area contributed by atoms with E-state index in [-0.39, 0.29) is 0 Å². The average molecular weight is 201 g/mol. The summed E-state index contributed by atoms with van der Waals surface area (Å²) in [5.41, 5.74) is 3.01. The quantitative estimate of drug-likeness (QED) is 0.776. The van der Waals surface area contributed by atoms with Gasteiger partial charge in [-0.3, -0.25) is 0 Å².